The molecule has 72 valence electrons. The normalized spacial score (nSPS) is 23.9. The SMILES string of the molecule is C=C/C=C\C(=C)CN1CCC(C)C1. The van der Waals surface area contributed by atoms with E-state index in [2.05, 4.69) is 25.0 Å². The summed E-state index contributed by atoms with van der Waals surface area (Å²) >= 11 is 0. The molecule has 1 atom stereocenters. The van der Waals surface area contributed by atoms with Crippen LogP contribution in [0.5, 0.6) is 0 Å². The van der Waals surface area contributed by atoms with Crippen molar-refractivity contribution in [2.75, 3.05) is 19.6 Å². The van der Waals surface area contributed by atoms with E-state index in [0.29, 0.717) is 0 Å². The fraction of sp³-hybridized carbons (Fsp3) is 0.500. The van der Waals surface area contributed by atoms with E-state index in [9.17, 15) is 0 Å². The van der Waals surface area contributed by atoms with Gasteiger partial charge in [0, 0.05) is 13.1 Å². The van der Waals surface area contributed by atoms with Gasteiger partial charge in [-0.05, 0) is 24.5 Å². The van der Waals surface area contributed by atoms with Gasteiger partial charge in [-0.2, -0.15) is 0 Å². The van der Waals surface area contributed by atoms with Gasteiger partial charge in [-0.15, -0.1) is 0 Å². The average molecular weight is 177 g/mol. The molecular weight excluding hydrogens is 158 g/mol. The van der Waals surface area contributed by atoms with Crippen molar-refractivity contribution >= 4 is 0 Å². The second-order valence-electron chi connectivity index (χ2n) is 3.88. The van der Waals surface area contributed by atoms with Gasteiger partial charge in [-0.1, -0.05) is 38.3 Å². The van der Waals surface area contributed by atoms with Crippen LogP contribution in [0, 0.1) is 5.92 Å². The van der Waals surface area contributed by atoms with E-state index in [1.165, 1.54) is 25.1 Å². The molecule has 1 unspecified atom stereocenters. The first kappa shape index (κ1) is 10.3. The Bertz CT molecular complexity index is 215. The molecule has 13 heavy (non-hydrogen) atoms. The standard InChI is InChI=1S/C12H19N/c1-4-5-6-11(2)9-13-8-7-12(3)10-13/h4-6,12H,1-2,7-10H2,3H3/b6-5-. The molecule has 0 aromatic heterocycles. The third-order valence-electron chi connectivity index (χ3n) is 2.40. The summed E-state index contributed by atoms with van der Waals surface area (Å²) in [5.41, 5.74) is 1.18. The lowest BCUT2D eigenvalue weighted by Gasteiger charge is -2.14. The molecule has 0 N–H and O–H groups in total. The Kier molecular flexibility index (Phi) is 3.97. The highest BCUT2D eigenvalue weighted by molar-refractivity contribution is 5.19. The fourth-order valence-corrected chi connectivity index (χ4v) is 1.71. The van der Waals surface area contributed by atoms with Crippen molar-refractivity contribution in [2.24, 2.45) is 5.92 Å². The van der Waals surface area contributed by atoms with Gasteiger partial charge in [-0.25, -0.2) is 0 Å². The van der Waals surface area contributed by atoms with Crippen LogP contribution in [0.1, 0.15) is 13.3 Å². The number of hydrogen-bond donors (Lipinski definition) is 0. The number of likely N-dealkylation sites (tertiary alicyclic amines) is 1. The summed E-state index contributed by atoms with van der Waals surface area (Å²) in [6, 6.07) is 0. The molecule has 1 rings (SSSR count). The van der Waals surface area contributed by atoms with Crippen molar-refractivity contribution in [3.63, 3.8) is 0 Å². The minimum atomic E-state index is 0.858. The maximum Gasteiger partial charge on any atom is 0.0227 e. The first-order valence-electron chi connectivity index (χ1n) is 4.91. The van der Waals surface area contributed by atoms with E-state index in [4.69, 9.17) is 0 Å². The smallest absolute Gasteiger partial charge is 0.0227 e. The summed E-state index contributed by atoms with van der Waals surface area (Å²) in [5, 5.41) is 0. The van der Waals surface area contributed by atoms with Crippen molar-refractivity contribution < 1.29 is 0 Å². The molecule has 1 aliphatic rings. The van der Waals surface area contributed by atoms with Crippen LogP contribution in [0.4, 0.5) is 0 Å². The zero-order valence-corrected chi connectivity index (χ0v) is 8.50. The maximum atomic E-state index is 4.00. The van der Waals surface area contributed by atoms with E-state index >= 15 is 0 Å². The van der Waals surface area contributed by atoms with Crippen LogP contribution in [0.2, 0.25) is 0 Å². The Balaban J connectivity index is 2.28. The molecular formula is C12H19N. The van der Waals surface area contributed by atoms with E-state index in [-0.39, 0.29) is 0 Å². The van der Waals surface area contributed by atoms with Crippen LogP contribution in [0.3, 0.4) is 0 Å². The summed E-state index contributed by atoms with van der Waals surface area (Å²) in [6.45, 7) is 13.4. The molecule has 0 bridgehead atoms. The largest absolute Gasteiger partial charge is 0.299 e. The lowest BCUT2D eigenvalue weighted by molar-refractivity contribution is 0.359. The number of rotatable bonds is 4. The van der Waals surface area contributed by atoms with E-state index in [0.717, 1.165) is 12.5 Å². The van der Waals surface area contributed by atoms with Crippen LogP contribution in [0.15, 0.2) is 37.0 Å². The van der Waals surface area contributed by atoms with Crippen molar-refractivity contribution in [1.29, 1.82) is 0 Å². The second kappa shape index (κ2) is 5.03. The lowest BCUT2D eigenvalue weighted by Crippen LogP contribution is -2.22. The summed E-state index contributed by atoms with van der Waals surface area (Å²) in [5.74, 6) is 0.858. The topological polar surface area (TPSA) is 3.24 Å². The third kappa shape index (κ3) is 3.60. The van der Waals surface area contributed by atoms with E-state index in [1.54, 1.807) is 6.08 Å². The van der Waals surface area contributed by atoms with Gasteiger partial charge in [0.25, 0.3) is 0 Å². The molecule has 1 nitrogen and oxygen atoms in total. The molecule has 1 aliphatic heterocycles. The molecule has 1 heteroatoms. The highest BCUT2D eigenvalue weighted by atomic mass is 15.1. The van der Waals surface area contributed by atoms with Gasteiger partial charge >= 0.3 is 0 Å². The molecule has 0 aliphatic carbocycles. The van der Waals surface area contributed by atoms with Crippen LogP contribution < -0.4 is 0 Å². The maximum absolute atomic E-state index is 4.00. The predicted molar refractivity (Wildman–Crippen MR) is 58.7 cm³/mol. The van der Waals surface area contributed by atoms with Crippen LogP contribution >= 0.6 is 0 Å². The molecule has 1 fully saturated rings. The molecule has 0 aromatic carbocycles. The Morgan fingerprint density at radius 3 is 2.92 bits per heavy atom. The zero-order chi connectivity index (χ0) is 9.68. The number of nitrogens with zero attached hydrogens (tertiary/aromatic N) is 1. The summed E-state index contributed by atoms with van der Waals surface area (Å²) < 4.78 is 0. The molecule has 0 saturated carbocycles. The quantitative estimate of drug-likeness (QED) is 0.597. The molecule has 1 heterocycles. The molecule has 0 radical (unpaired) electrons. The van der Waals surface area contributed by atoms with Crippen molar-refractivity contribution in [1.82, 2.24) is 4.90 Å². The first-order valence-corrected chi connectivity index (χ1v) is 4.91. The van der Waals surface area contributed by atoms with E-state index < -0.39 is 0 Å². The third-order valence-corrected chi connectivity index (χ3v) is 2.40. The van der Waals surface area contributed by atoms with Gasteiger partial charge in [-0.3, -0.25) is 4.90 Å². The summed E-state index contributed by atoms with van der Waals surface area (Å²) in [7, 11) is 0. The van der Waals surface area contributed by atoms with Crippen LogP contribution in [0.25, 0.3) is 0 Å². The Morgan fingerprint density at radius 1 is 1.62 bits per heavy atom. The van der Waals surface area contributed by atoms with Crippen molar-refractivity contribution in [3.05, 3.63) is 37.0 Å². The number of allylic oxidation sites excluding steroid dienone is 2. The average Bonchev–Trinajstić information content (AvgIpc) is 2.48. The predicted octanol–water partition coefficient (Wildman–Crippen LogP) is 2.63. The Morgan fingerprint density at radius 2 is 2.38 bits per heavy atom. The van der Waals surface area contributed by atoms with Gasteiger partial charge in [0.2, 0.25) is 0 Å². The lowest BCUT2D eigenvalue weighted by atomic mass is 10.2. The van der Waals surface area contributed by atoms with Crippen LogP contribution in [-0.4, -0.2) is 24.5 Å². The monoisotopic (exact) mass is 177 g/mol. The van der Waals surface area contributed by atoms with Crippen molar-refractivity contribution in [3.8, 4) is 0 Å². The Hall–Kier alpha value is -0.820. The highest BCUT2D eigenvalue weighted by Crippen LogP contribution is 2.15. The summed E-state index contributed by atoms with van der Waals surface area (Å²) in [6.07, 6.45) is 7.11. The minimum Gasteiger partial charge on any atom is -0.299 e. The summed E-state index contributed by atoms with van der Waals surface area (Å²) in [4.78, 5) is 2.46. The first-order chi connectivity index (χ1) is 6.22. The minimum absolute atomic E-state index is 0.858. The molecule has 0 aromatic rings. The number of hydrogen-bond acceptors (Lipinski definition) is 1. The fourth-order valence-electron chi connectivity index (χ4n) is 1.71. The van der Waals surface area contributed by atoms with E-state index in [1.807, 2.05) is 12.2 Å². The van der Waals surface area contributed by atoms with Crippen LogP contribution in [-0.2, 0) is 0 Å². The Labute approximate surface area is 81.4 Å². The molecule has 0 spiro atoms. The zero-order valence-electron chi connectivity index (χ0n) is 8.50. The van der Waals surface area contributed by atoms with Gasteiger partial charge in [0.1, 0.15) is 0 Å². The van der Waals surface area contributed by atoms with Gasteiger partial charge < -0.3 is 0 Å². The highest BCUT2D eigenvalue weighted by Gasteiger charge is 2.17. The molecule has 0 amide bonds. The van der Waals surface area contributed by atoms with Gasteiger partial charge in [0.05, 0.1) is 0 Å². The second-order valence-corrected chi connectivity index (χ2v) is 3.88. The molecule has 1 saturated heterocycles. The van der Waals surface area contributed by atoms with Gasteiger partial charge in [0.15, 0.2) is 0 Å². The van der Waals surface area contributed by atoms with Crippen molar-refractivity contribution in [2.45, 2.75) is 13.3 Å².